The Kier molecular flexibility index (Phi) is 1.89. The highest BCUT2D eigenvalue weighted by molar-refractivity contribution is 6.30. The quantitative estimate of drug-likeness (QED) is 0.640. The number of halogens is 1. The van der Waals surface area contributed by atoms with E-state index in [1.54, 1.807) is 0 Å². The monoisotopic (exact) mass is 180 g/mol. The third-order valence-electron chi connectivity index (χ3n) is 2.29. The molecule has 62 valence electrons. The van der Waals surface area contributed by atoms with Gasteiger partial charge in [-0.25, -0.2) is 0 Å². The summed E-state index contributed by atoms with van der Waals surface area (Å²) in [4.78, 5) is 10.4. The van der Waals surface area contributed by atoms with Crippen LogP contribution in [0.1, 0.15) is 17.9 Å². The van der Waals surface area contributed by atoms with Crippen LogP contribution in [0.3, 0.4) is 0 Å². The molecule has 2 unspecified atom stereocenters. The third-order valence-corrected chi connectivity index (χ3v) is 2.53. The van der Waals surface area contributed by atoms with Crippen LogP contribution in [0.5, 0.6) is 0 Å². The van der Waals surface area contributed by atoms with Gasteiger partial charge in [0.15, 0.2) is 0 Å². The number of rotatable bonds is 2. The molecule has 0 N–H and O–H groups in total. The van der Waals surface area contributed by atoms with Crippen molar-refractivity contribution in [3.05, 3.63) is 34.9 Å². The third kappa shape index (κ3) is 1.37. The molecule has 1 saturated carbocycles. The minimum Gasteiger partial charge on any atom is -0.303 e. The van der Waals surface area contributed by atoms with Gasteiger partial charge in [0.2, 0.25) is 0 Å². The van der Waals surface area contributed by atoms with Crippen molar-refractivity contribution in [3.63, 3.8) is 0 Å². The fourth-order valence-corrected chi connectivity index (χ4v) is 1.68. The Bertz CT molecular complexity index is 308. The van der Waals surface area contributed by atoms with Gasteiger partial charge in [0, 0.05) is 10.9 Å². The average Bonchev–Trinajstić information content (AvgIpc) is 2.83. The molecule has 1 aromatic rings. The molecule has 0 bridgehead atoms. The van der Waals surface area contributed by atoms with Crippen molar-refractivity contribution >= 4 is 17.9 Å². The molecule has 2 heteroatoms. The second kappa shape index (κ2) is 2.91. The molecule has 0 spiro atoms. The van der Waals surface area contributed by atoms with Crippen molar-refractivity contribution in [2.75, 3.05) is 0 Å². The van der Waals surface area contributed by atoms with Crippen LogP contribution >= 0.6 is 11.6 Å². The summed E-state index contributed by atoms with van der Waals surface area (Å²) >= 11 is 5.82. The molecule has 0 amide bonds. The highest BCUT2D eigenvalue weighted by Gasteiger charge is 2.37. The van der Waals surface area contributed by atoms with E-state index in [4.69, 9.17) is 11.6 Å². The summed E-state index contributed by atoms with van der Waals surface area (Å²) in [6, 6.07) is 7.75. The van der Waals surface area contributed by atoms with Gasteiger partial charge in [0.25, 0.3) is 0 Å². The van der Waals surface area contributed by atoms with Gasteiger partial charge in [-0.15, -0.1) is 0 Å². The first kappa shape index (κ1) is 7.81. The predicted molar refractivity (Wildman–Crippen MR) is 48.4 cm³/mol. The van der Waals surface area contributed by atoms with Crippen molar-refractivity contribution < 1.29 is 4.79 Å². The zero-order valence-electron chi connectivity index (χ0n) is 6.53. The van der Waals surface area contributed by atoms with Gasteiger partial charge in [-0.1, -0.05) is 23.7 Å². The molecule has 2 rings (SSSR count). The second-order valence-corrected chi connectivity index (χ2v) is 3.63. The molecular formula is C10H9ClO. The summed E-state index contributed by atoms with van der Waals surface area (Å²) in [5.74, 6) is 0.671. The average molecular weight is 181 g/mol. The SMILES string of the molecule is O=CC1CC1c1cccc(Cl)c1. The largest absolute Gasteiger partial charge is 0.303 e. The molecule has 1 aromatic carbocycles. The zero-order chi connectivity index (χ0) is 8.55. The Morgan fingerprint density at radius 2 is 2.33 bits per heavy atom. The van der Waals surface area contributed by atoms with Crippen LogP contribution in [0, 0.1) is 5.92 Å². The van der Waals surface area contributed by atoms with E-state index in [1.807, 2.05) is 24.3 Å². The minimum atomic E-state index is 0.239. The Hall–Kier alpha value is -0.820. The van der Waals surface area contributed by atoms with E-state index >= 15 is 0 Å². The topological polar surface area (TPSA) is 17.1 Å². The highest BCUT2D eigenvalue weighted by atomic mass is 35.5. The van der Waals surface area contributed by atoms with Crippen LogP contribution in [0.4, 0.5) is 0 Å². The fourth-order valence-electron chi connectivity index (χ4n) is 1.49. The summed E-state index contributed by atoms with van der Waals surface area (Å²) in [6.45, 7) is 0. The van der Waals surface area contributed by atoms with Crippen molar-refractivity contribution in [2.24, 2.45) is 5.92 Å². The van der Waals surface area contributed by atoms with Crippen LogP contribution in [0.15, 0.2) is 24.3 Å². The summed E-state index contributed by atoms with van der Waals surface area (Å²) < 4.78 is 0. The molecule has 0 aromatic heterocycles. The Balaban J connectivity index is 2.19. The van der Waals surface area contributed by atoms with Gasteiger partial charge in [-0.05, 0) is 30.0 Å². The number of carbonyl (C=O) groups is 1. The summed E-state index contributed by atoms with van der Waals surface area (Å²) in [7, 11) is 0. The number of hydrogen-bond acceptors (Lipinski definition) is 1. The normalized spacial score (nSPS) is 26.8. The molecule has 0 saturated heterocycles. The second-order valence-electron chi connectivity index (χ2n) is 3.20. The summed E-state index contributed by atoms with van der Waals surface area (Å²) in [5, 5.41) is 0.754. The van der Waals surface area contributed by atoms with Gasteiger partial charge in [0.1, 0.15) is 6.29 Å². The van der Waals surface area contributed by atoms with Gasteiger partial charge < -0.3 is 4.79 Å². The van der Waals surface area contributed by atoms with E-state index < -0.39 is 0 Å². The molecule has 1 aliphatic rings. The lowest BCUT2D eigenvalue weighted by Crippen LogP contribution is -1.83. The standard InChI is InChI=1S/C10H9ClO/c11-9-3-1-2-7(4-9)10-5-8(10)6-12/h1-4,6,8,10H,5H2. The van der Waals surface area contributed by atoms with Gasteiger partial charge in [-0.3, -0.25) is 0 Å². The summed E-state index contributed by atoms with van der Waals surface area (Å²) in [6.07, 6.45) is 2.02. The maximum absolute atomic E-state index is 10.4. The lowest BCUT2D eigenvalue weighted by molar-refractivity contribution is -0.108. The molecular weight excluding hydrogens is 172 g/mol. The van der Waals surface area contributed by atoms with Gasteiger partial charge >= 0.3 is 0 Å². The van der Waals surface area contributed by atoms with Crippen molar-refractivity contribution in [1.29, 1.82) is 0 Å². The van der Waals surface area contributed by atoms with Crippen LogP contribution < -0.4 is 0 Å². The molecule has 2 atom stereocenters. The van der Waals surface area contributed by atoms with Crippen LogP contribution in [0.2, 0.25) is 5.02 Å². The molecule has 1 fully saturated rings. The van der Waals surface area contributed by atoms with Gasteiger partial charge in [0.05, 0.1) is 0 Å². The van der Waals surface area contributed by atoms with E-state index in [0.29, 0.717) is 5.92 Å². The zero-order valence-corrected chi connectivity index (χ0v) is 7.29. The molecule has 0 radical (unpaired) electrons. The van der Waals surface area contributed by atoms with E-state index in [2.05, 4.69) is 0 Å². The first-order chi connectivity index (χ1) is 5.81. The smallest absolute Gasteiger partial charge is 0.123 e. The number of hydrogen-bond donors (Lipinski definition) is 0. The first-order valence-electron chi connectivity index (χ1n) is 4.02. The summed E-state index contributed by atoms with van der Waals surface area (Å²) in [5.41, 5.74) is 1.19. The number of aldehydes is 1. The van der Waals surface area contributed by atoms with E-state index in [-0.39, 0.29) is 5.92 Å². The van der Waals surface area contributed by atoms with Gasteiger partial charge in [-0.2, -0.15) is 0 Å². The van der Waals surface area contributed by atoms with Crippen LogP contribution in [-0.4, -0.2) is 6.29 Å². The highest BCUT2D eigenvalue weighted by Crippen LogP contribution is 2.46. The van der Waals surface area contributed by atoms with Crippen LogP contribution in [0.25, 0.3) is 0 Å². The molecule has 1 aliphatic carbocycles. The Labute approximate surface area is 76.4 Å². The molecule has 1 nitrogen and oxygen atoms in total. The number of benzene rings is 1. The fraction of sp³-hybridized carbons (Fsp3) is 0.300. The number of carbonyl (C=O) groups excluding carboxylic acids is 1. The minimum absolute atomic E-state index is 0.239. The van der Waals surface area contributed by atoms with E-state index in [9.17, 15) is 4.79 Å². The molecule has 0 heterocycles. The maximum Gasteiger partial charge on any atom is 0.123 e. The maximum atomic E-state index is 10.4. The molecule has 12 heavy (non-hydrogen) atoms. The first-order valence-corrected chi connectivity index (χ1v) is 4.40. The van der Waals surface area contributed by atoms with Crippen molar-refractivity contribution in [2.45, 2.75) is 12.3 Å². The lowest BCUT2D eigenvalue weighted by atomic mass is 10.1. The van der Waals surface area contributed by atoms with Crippen molar-refractivity contribution in [1.82, 2.24) is 0 Å². The van der Waals surface area contributed by atoms with E-state index in [0.717, 1.165) is 17.7 Å². The van der Waals surface area contributed by atoms with Crippen LogP contribution in [-0.2, 0) is 4.79 Å². The lowest BCUT2D eigenvalue weighted by Gasteiger charge is -1.97. The molecule has 0 aliphatic heterocycles. The Morgan fingerprint density at radius 3 is 2.92 bits per heavy atom. The van der Waals surface area contributed by atoms with Crippen molar-refractivity contribution in [3.8, 4) is 0 Å². The Morgan fingerprint density at radius 1 is 1.50 bits per heavy atom. The van der Waals surface area contributed by atoms with E-state index in [1.165, 1.54) is 5.56 Å². The predicted octanol–water partition coefficient (Wildman–Crippen LogP) is 2.64.